The van der Waals surface area contributed by atoms with E-state index in [0.29, 0.717) is 28.0 Å². The molecule has 9 heteroatoms. The molecular weight excluding hydrogens is 410 g/mol. The molecule has 1 atom stereocenters. The van der Waals surface area contributed by atoms with E-state index in [1.165, 1.54) is 6.20 Å². The Morgan fingerprint density at radius 2 is 1.97 bits per heavy atom. The van der Waals surface area contributed by atoms with Crippen molar-refractivity contribution in [2.45, 2.75) is 20.0 Å². The van der Waals surface area contributed by atoms with E-state index in [-0.39, 0.29) is 17.5 Å². The molecule has 2 heterocycles. The molecule has 2 aromatic carbocycles. The number of para-hydroxylation sites is 1. The number of H-pyrrole nitrogens is 1. The number of aromatic nitrogens is 3. The third kappa shape index (κ3) is 4.00. The summed E-state index contributed by atoms with van der Waals surface area (Å²) in [7, 11) is 1.55. The first-order chi connectivity index (χ1) is 15.4. The van der Waals surface area contributed by atoms with Crippen molar-refractivity contribution < 1.29 is 14.5 Å². The Kier molecular flexibility index (Phi) is 5.55. The second-order valence-electron chi connectivity index (χ2n) is 7.34. The third-order valence-electron chi connectivity index (χ3n) is 5.05. The standard InChI is InChI=1S/C23H21N5O4/c1-13-6-4-7-15(10-13)16-11-19(22(25-12-16)28(30)31)32-14(2)21-26-18-9-5-8-17(20(18)27-21)23(29)24-3/h4-12,14H,1-3H3,(H,24,29)(H,26,27). The lowest BCUT2D eigenvalue weighted by Crippen LogP contribution is -2.18. The van der Waals surface area contributed by atoms with Gasteiger partial charge in [0.05, 0.1) is 11.1 Å². The maximum Gasteiger partial charge on any atom is 0.406 e. The Morgan fingerprint density at radius 1 is 1.19 bits per heavy atom. The summed E-state index contributed by atoms with van der Waals surface area (Å²) in [5, 5.41) is 14.1. The van der Waals surface area contributed by atoms with Crippen molar-refractivity contribution in [3.63, 3.8) is 0 Å². The van der Waals surface area contributed by atoms with Gasteiger partial charge in [0.25, 0.3) is 5.91 Å². The van der Waals surface area contributed by atoms with Gasteiger partial charge < -0.3 is 25.2 Å². The summed E-state index contributed by atoms with van der Waals surface area (Å²) in [5.74, 6) is -0.163. The molecule has 9 nitrogen and oxygen atoms in total. The molecule has 2 aromatic heterocycles. The maximum absolute atomic E-state index is 12.1. The van der Waals surface area contributed by atoms with E-state index in [1.54, 1.807) is 38.2 Å². The second kappa shape index (κ2) is 8.46. The topological polar surface area (TPSA) is 123 Å². The SMILES string of the molecule is CNC(=O)c1cccc2[nH]c(C(C)Oc3cc(-c4cccc(C)c4)cnc3[N+](=O)[O-])nc12. The Bertz CT molecular complexity index is 1330. The minimum Gasteiger partial charge on any atom is -0.474 e. The van der Waals surface area contributed by atoms with Crippen LogP contribution in [-0.2, 0) is 0 Å². The third-order valence-corrected chi connectivity index (χ3v) is 5.05. The van der Waals surface area contributed by atoms with Crippen LogP contribution in [0.5, 0.6) is 5.75 Å². The Balaban J connectivity index is 1.70. The van der Waals surface area contributed by atoms with E-state index in [1.807, 2.05) is 31.2 Å². The molecule has 0 aliphatic carbocycles. The summed E-state index contributed by atoms with van der Waals surface area (Å²) >= 11 is 0. The zero-order valence-corrected chi connectivity index (χ0v) is 17.7. The molecule has 162 valence electrons. The number of fused-ring (bicyclic) bond motifs is 1. The van der Waals surface area contributed by atoms with Crippen molar-refractivity contribution in [1.29, 1.82) is 0 Å². The van der Waals surface area contributed by atoms with Gasteiger partial charge >= 0.3 is 5.82 Å². The largest absolute Gasteiger partial charge is 0.474 e. The molecule has 1 unspecified atom stereocenters. The number of hydrogen-bond acceptors (Lipinski definition) is 6. The quantitative estimate of drug-likeness (QED) is 0.346. The van der Waals surface area contributed by atoms with Crippen molar-refractivity contribution in [3.05, 3.63) is 81.8 Å². The van der Waals surface area contributed by atoms with Gasteiger partial charge in [-0.15, -0.1) is 0 Å². The Morgan fingerprint density at radius 3 is 2.69 bits per heavy atom. The summed E-state index contributed by atoms with van der Waals surface area (Å²) in [6, 6.07) is 14.6. The maximum atomic E-state index is 12.1. The van der Waals surface area contributed by atoms with Crippen LogP contribution in [0.2, 0.25) is 0 Å². The summed E-state index contributed by atoms with van der Waals surface area (Å²) in [4.78, 5) is 34.7. The number of nitrogens with zero attached hydrogens (tertiary/aromatic N) is 3. The molecule has 0 spiro atoms. The van der Waals surface area contributed by atoms with Crippen LogP contribution in [0.15, 0.2) is 54.7 Å². The van der Waals surface area contributed by atoms with Gasteiger partial charge in [-0.3, -0.25) is 4.79 Å². The molecule has 0 saturated heterocycles. The number of hydrogen-bond donors (Lipinski definition) is 2. The van der Waals surface area contributed by atoms with E-state index in [2.05, 4.69) is 20.3 Å². The molecule has 1 amide bonds. The zero-order valence-electron chi connectivity index (χ0n) is 17.7. The van der Waals surface area contributed by atoms with Gasteiger partial charge in [0.2, 0.25) is 5.75 Å². The number of amides is 1. The fourth-order valence-corrected chi connectivity index (χ4v) is 3.45. The summed E-state index contributed by atoms with van der Waals surface area (Å²) < 4.78 is 5.94. The first-order valence-electron chi connectivity index (χ1n) is 9.96. The number of imidazole rings is 1. The Labute approximate surface area is 183 Å². The number of nitro groups is 1. The summed E-state index contributed by atoms with van der Waals surface area (Å²) in [6.07, 6.45) is 0.801. The van der Waals surface area contributed by atoms with Crippen molar-refractivity contribution in [3.8, 4) is 16.9 Å². The molecule has 4 rings (SSSR count). The molecule has 0 saturated carbocycles. The van der Waals surface area contributed by atoms with E-state index >= 15 is 0 Å². The number of carbonyl (C=O) groups excluding carboxylic acids is 1. The van der Waals surface area contributed by atoms with Gasteiger partial charge in [0.15, 0.2) is 6.10 Å². The summed E-state index contributed by atoms with van der Waals surface area (Å²) in [6.45, 7) is 3.69. The molecule has 0 radical (unpaired) electrons. The highest BCUT2D eigenvalue weighted by Crippen LogP contribution is 2.33. The second-order valence-corrected chi connectivity index (χ2v) is 7.34. The average Bonchev–Trinajstić information content (AvgIpc) is 3.23. The highest BCUT2D eigenvalue weighted by atomic mass is 16.6. The minimum atomic E-state index is -0.659. The van der Waals surface area contributed by atoms with Gasteiger partial charge in [-0.1, -0.05) is 35.9 Å². The van der Waals surface area contributed by atoms with Crippen LogP contribution in [0.4, 0.5) is 5.82 Å². The lowest BCUT2D eigenvalue weighted by molar-refractivity contribution is -0.390. The van der Waals surface area contributed by atoms with Crippen molar-refractivity contribution >= 4 is 22.8 Å². The summed E-state index contributed by atoms with van der Waals surface area (Å²) in [5.41, 5.74) is 4.23. The number of pyridine rings is 1. The van der Waals surface area contributed by atoms with Crippen LogP contribution in [0.1, 0.15) is 34.8 Å². The first kappa shape index (κ1) is 21.0. The number of carbonyl (C=O) groups is 1. The number of ether oxygens (including phenoxy) is 1. The van der Waals surface area contributed by atoms with E-state index in [4.69, 9.17) is 4.74 Å². The monoisotopic (exact) mass is 431 g/mol. The first-order valence-corrected chi connectivity index (χ1v) is 9.96. The normalized spacial score (nSPS) is 11.8. The van der Waals surface area contributed by atoms with Crippen LogP contribution >= 0.6 is 0 Å². The minimum absolute atomic E-state index is 0.0356. The fraction of sp³-hybridized carbons (Fsp3) is 0.174. The number of nitrogens with one attached hydrogen (secondary N) is 2. The molecule has 32 heavy (non-hydrogen) atoms. The van der Waals surface area contributed by atoms with Gasteiger partial charge in [-0.25, -0.2) is 4.98 Å². The van der Waals surface area contributed by atoms with Crippen LogP contribution in [-0.4, -0.2) is 32.8 Å². The van der Waals surface area contributed by atoms with Crippen LogP contribution < -0.4 is 10.1 Å². The highest BCUT2D eigenvalue weighted by molar-refractivity contribution is 6.04. The lowest BCUT2D eigenvalue weighted by atomic mass is 10.1. The zero-order chi connectivity index (χ0) is 22.8. The van der Waals surface area contributed by atoms with Gasteiger partial charge in [0.1, 0.15) is 17.5 Å². The van der Waals surface area contributed by atoms with Crippen LogP contribution in [0, 0.1) is 17.0 Å². The molecule has 0 fully saturated rings. The van der Waals surface area contributed by atoms with E-state index in [9.17, 15) is 14.9 Å². The molecule has 2 N–H and O–H groups in total. The van der Waals surface area contributed by atoms with E-state index in [0.717, 1.165) is 11.1 Å². The fourth-order valence-electron chi connectivity index (χ4n) is 3.45. The number of aryl methyl sites for hydroxylation is 1. The van der Waals surface area contributed by atoms with Gasteiger partial charge in [0, 0.05) is 18.7 Å². The smallest absolute Gasteiger partial charge is 0.406 e. The van der Waals surface area contributed by atoms with Crippen molar-refractivity contribution in [2.75, 3.05) is 7.05 Å². The van der Waals surface area contributed by atoms with Crippen LogP contribution in [0.25, 0.3) is 22.2 Å². The van der Waals surface area contributed by atoms with Crippen LogP contribution in [0.3, 0.4) is 0 Å². The van der Waals surface area contributed by atoms with Crippen molar-refractivity contribution in [2.24, 2.45) is 0 Å². The number of benzene rings is 2. The highest BCUT2D eigenvalue weighted by Gasteiger charge is 2.23. The Hall–Kier alpha value is -4.27. The molecular formula is C23H21N5O4. The van der Waals surface area contributed by atoms with Crippen molar-refractivity contribution in [1.82, 2.24) is 20.3 Å². The lowest BCUT2D eigenvalue weighted by Gasteiger charge is -2.13. The van der Waals surface area contributed by atoms with E-state index < -0.39 is 11.0 Å². The van der Waals surface area contributed by atoms with Gasteiger partial charge in [-0.2, -0.15) is 0 Å². The van der Waals surface area contributed by atoms with Gasteiger partial charge in [-0.05, 0) is 41.5 Å². The number of rotatable bonds is 6. The molecule has 4 aromatic rings. The average molecular weight is 431 g/mol. The predicted octanol–water partition coefficient (Wildman–Crippen LogP) is 4.34. The number of aromatic amines is 1. The molecule has 0 aliphatic rings. The molecule has 0 aliphatic heterocycles. The molecule has 0 bridgehead atoms. The predicted molar refractivity (Wildman–Crippen MR) is 120 cm³/mol.